The van der Waals surface area contributed by atoms with E-state index in [1.54, 1.807) is 0 Å². The highest BCUT2D eigenvalue weighted by Gasteiger charge is 2.18. The Morgan fingerprint density at radius 3 is 2.68 bits per heavy atom. The van der Waals surface area contributed by atoms with Crippen molar-refractivity contribution < 1.29 is 0 Å². The van der Waals surface area contributed by atoms with E-state index in [4.69, 9.17) is 0 Å². The average Bonchev–Trinajstić information content (AvgIpc) is 2.54. The largest absolute Gasteiger partial charge is 0.355 e. The maximum Gasteiger partial charge on any atom is 0.194 e. The monoisotopic (exact) mass is 302 g/mol. The Labute approximate surface area is 135 Å². The smallest absolute Gasteiger partial charge is 0.194 e. The van der Waals surface area contributed by atoms with Gasteiger partial charge in [0.1, 0.15) is 0 Å². The lowest BCUT2D eigenvalue weighted by Gasteiger charge is -2.32. The Bertz CT molecular complexity index is 496. The summed E-state index contributed by atoms with van der Waals surface area (Å²) in [6.07, 6.45) is 1.10. The third kappa shape index (κ3) is 4.23. The van der Waals surface area contributed by atoms with Gasteiger partial charge in [0.05, 0.1) is 0 Å². The molecule has 1 aliphatic rings. The summed E-state index contributed by atoms with van der Waals surface area (Å²) in [7, 11) is 1.88. The Morgan fingerprint density at radius 1 is 1.32 bits per heavy atom. The summed E-state index contributed by atoms with van der Waals surface area (Å²) in [5.74, 6) is 1.02. The first-order chi connectivity index (χ1) is 10.7. The van der Waals surface area contributed by atoms with E-state index >= 15 is 0 Å². The highest BCUT2D eigenvalue weighted by Crippen LogP contribution is 2.18. The van der Waals surface area contributed by atoms with Crippen LogP contribution in [0.4, 0.5) is 0 Å². The topological polar surface area (TPSA) is 30.9 Å². The molecule has 1 heterocycles. The molecule has 0 spiro atoms. The second-order valence-corrected chi connectivity index (χ2v) is 6.14. The predicted octanol–water partition coefficient (Wildman–Crippen LogP) is 2.35. The molecule has 0 aromatic heterocycles. The Hall–Kier alpha value is -1.55. The minimum atomic E-state index is 0.593. The van der Waals surface area contributed by atoms with Gasteiger partial charge in [0.15, 0.2) is 5.96 Å². The Balaban J connectivity index is 1.88. The number of hydrogen-bond donors (Lipinski definition) is 1. The molecule has 0 fully saturated rings. The van der Waals surface area contributed by atoms with Gasteiger partial charge in [-0.3, -0.25) is 9.89 Å². The molecule has 0 radical (unpaired) electrons. The van der Waals surface area contributed by atoms with Crippen molar-refractivity contribution >= 4 is 5.96 Å². The van der Waals surface area contributed by atoms with E-state index in [0.29, 0.717) is 6.04 Å². The van der Waals surface area contributed by atoms with Crippen LogP contribution < -0.4 is 5.32 Å². The van der Waals surface area contributed by atoms with E-state index in [1.165, 1.54) is 11.1 Å². The molecule has 2 rings (SSSR count). The van der Waals surface area contributed by atoms with Gasteiger partial charge in [-0.15, -0.1) is 0 Å². The molecule has 1 aromatic carbocycles. The Morgan fingerprint density at radius 2 is 2.05 bits per heavy atom. The normalized spacial score (nSPS) is 15.4. The van der Waals surface area contributed by atoms with Crippen molar-refractivity contribution in [2.45, 2.75) is 39.8 Å². The van der Waals surface area contributed by atoms with E-state index < -0.39 is 0 Å². The summed E-state index contributed by atoms with van der Waals surface area (Å²) in [5.41, 5.74) is 2.90. The molecular formula is C18H30N4. The number of guanidine groups is 1. The molecule has 0 atom stereocenters. The first-order valence-corrected chi connectivity index (χ1v) is 8.42. The lowest BCUT2D eigenvalue weighted by atomic mass is 10.0. The van der Waals surface area contributed by atoms with Crippen LogP contribution in [-0.2, 0) is 13.0 Å². The zero-order valence-corrected chi connectivity index (χ0v) is 14.5. The number of nitrogens with one attached hydrogen (secondary N) is 1. The maximum absolute atomic E-state index is 4.47. The standard InChI is InChI=1S/C18H30N4/c1-5-21(15(2)3)13-11-20-18(19-4)22-12-10-16-8-6-7-9-17(16)14-22/h6-9,15H,5,10-14H2,1-4H3,(H,19,20). The van der Waals surface area contributed by atoms with Gasteiger partial charge in [-0.05, 0) is 37.9 Å². The number of benzene rings is 1. The van der Waals surface area contributed by atoms with E-state index in [-0.39, 0.29) is 0 Å². The summed E-state index contributed by atoms with van der Waals surface area (Å²) in [6, 6.07) is 9.32. The molecule has 22 heavy (non-hydrogen) atoms. The van der Waals surface area contributed by atoms with Crippen molar-refractivity contribution in [3.8, 4) is 0 Å². The minimum absolute atomic E-state index is 0.593. The molecule has 1 N–H and O–H groups in total. The predicted molar refractivity (Wildman–Crippen MR) is 94.3 cm³/mol. The number of rotatable bonds is 5. The van der Waals surface area contributed by atoms with Gasteiger partial charge < -0.3 is 10.2 Å². The summed E-state index contributed by atoms with van der Waals surface area (Å²) in [6.45, 7) is 11.8. The third-order valence-electron chi connectivity index (χ3n) is 4.46. The molecular weight excluding hydrogens is 272 g/mol. The van der Waals surface area contributed by atoms with Gasteiger partial charge in [0.2, 0.25) is 0 Å². The van der Waals surface area contributed by atoms with Crippen molar-refractivity contribution in [3.05, 3.63) is 35.4 Å². The lowest BCUT2D eigenvalue weighted by molar-refractivity contribution is 0.236. The second kappa shape index (κ2) is 8.18. The molecule has 122 valence electrons. The van der Waals surface area contributed by atoms with Gasteiger partial charge in [0.25, 0.3) is 0 Å². The molecule has 4 nitrogen and oxygen atoms in total. The lowest BCUT2D eigenvalue weighted by Crippen LogP contribution is -2.46. The summed E-state index contributed by atoms with van der Waals surface area (Å²) in [4.78, 5) is 9.28. The van der Waals surface area contributed by atoms with Crippen molar-refractivity contribution in [3.63, 3.8) is 0 Å². The average molecular weight is 302 g/mol. The molecule has 0 amide bonds. The molecule has 0 bridgehead atoms. The van der Waals surface area contributed by atoms with E-state index in [1.807, 2.05) is 7.05 Å². The highest BCUT2D eigenvalue weighted by atomic mass is 15.3. The molecule has 1 aliphatic heterocycles. The number of hydrogen-bond acceptors (Lipinski definition) is 2. The van der Waals surface area contributed by atoms with Crippen LogP contribution in [0.5, 0.6) is 0 Å². The van der Waals surface area contributed by atoms with Crippen molar-refractivity contribution in [1.29, 1.82) is 0 Å². The number of likely N-dealkylation sites (N-methyl/N-ethyl adjacent to an activating group) is 1. The van der Waals surface area contributed by atoms with Gasteiger partial charge in [-0.2, -0.15) is 0 Å². The molecule has 1 aromatic rings. The summed E-state index contributed by atoms with van der Waals surface area (Å²) >= 11 is 0. The van der Waals surface area contributed by atoms with Crippen LogP contribution in [0, 0.1) is 0 Å². The van der Waals surface area contributed by atoms with E-state index in [2.05, 4.69) is 65.1 Å². The first kappa shape index (κ1) is 16.8. The van der Waals surface area contributed by atoms with Crippen LogP contribution in [0.1, 0.15) is 31.9 Å². The van der Waals surface area contributed by atoms with Crippen LogP contribution in [0.2, 0.25) is 0 Å². The van der Waals surface area contributed by atoms with Crippen molar-refractivity contribution in [2.24, 2.45) is 4.99 Å². The fourth-order valence-corrected chi connectivity index (χ4v) is 3.10. The summed E-state index contributed by atoms with van der Waals surface area (Å²) < 4.78 is 0. The molecule has 0 unspecified atom stereocenters. The molecule has 0 saturated heterocycles. The fourth-order valence-electron chi connectivity index (χ4n) is 3.10. The van der Waals surface area contributed by atoms with Crippen molar-refractivity contribution in [1.82, 2.24) is 15.1 Å². The minimum Gasteiger partial charge on any atom is -0.355 e. The zero-order chi connectivity index (χ0) is 15.9. The number of aliphatic imine (C=N–C) groups is 1. The van der Waals surface area contributed by atoms with Crippen LogP contribution in [0.25, 0.3) is 0 Å². The second-order valence-electron chi connectivity index (χ2n) is 6.14. The Kier molecular flexibility index (Phi) is 6.25. The van der Waals surface area contributed by atoms with Gasteiger partial charge >= 0.3 is 0 Å². The zero-order valence-electron chi connectivity index (χ0n) is 14.5. The van der Waals surface area contributed by atoms with Gasteiger partial charge in [0, 0.05) is 39.3 Å². The quantitative estimate of drug-likeness (QED) is 0.669. The van der Waals surface area contributed by atoms with Crippen LogP contribution >= 0.6 is 0 Å². The SMILES string of the molecule is CCN(CCNC(=NC)N1CCc2ccccc2C1)C(C)C. The highest BCUT2D eigenvalue weighted by molar-refractivity contribution is 5.80. The number of nitrogens with zero attached hydrogens (tertiary/aromatic N) is 3. The van der Waals surface area contributed by atoms with Gasteiger partial charge in [-0.1, -0.05) is 31.2 Å². The third-order valence-corrected chi connectivity index (χ3v) is 4.46. The summed E-state index contributed by atoms with van der Waals surface area (Å²) in [5, 5.41) is 3.52. The van der Waals surface area contributed by atoms with E-state index in [9.17, 15) is 0 Å². The van der Waals surface area contributed by atoms with Crippen LogP contribution in [-0.4, -0.2) is 55.0 Å². The molecule has 0 aliphatic carbocycles. The van der Waals surface area contributed by atoms with Crippen molar-refractivity contribution in [2.75, 3.05) is 33.2 Å². The number of fused-ring (bicyclic) bond motifs is 1. The molecule has 0 saturated carbocycles. The van der Waals surface area contributed by atoms with E-state index in [0.717, 1.165) is 45.1 Å². The van der Waals surface area contributed by atoms with Crippen LogP contribution in [0.3, 0.4) is 0 Å². The van der Waals surface area contributed by atoms with Crippen LogP contribution in [0.15, 0.2) is 29.3 Å². The first-order valence-electron chi connectivity index (χ1n) is 8.42. The fraction of sp³-hybridized carbons (Fsp3) is 0.611. The molecule has 4 heteroatoms. The van der Waals surface area contributed by atoms with Gasteiger partial charge in [-0.25, -0.2) is 0 Å². The maximum atomic E-state index is 4.47.